The number of carbonyl (C=O) groups excluding carboxylic acids is 1. The molecule has 4 N–H and O–H groups in total. The van der Waals surface area contributed by atoms with E-state index in [2.05, 4.69) is 25.6 Å². The van der Waals surface area contributed by atoms with Crippen molar-refractivity contribution in [2.24, 2.45) is 12.8 Å². The first-order valence-corrected chi connectivity index (χ1v) is 11.0. The van der Waals surface area contributed by atoms with Gasteiger partial charge in [0.2, 0.25) is 0 Å². The van der Waals surface area contributed by atoms with Crippen LogP contribution in [0.2, 0.25) is 0 Å². The fraction of sp³-hybridized carbons (Fsp3) is 0.333. The number of hydrogen-bond acceptors (Lipinski definition) is 7. The van der Waals surface area contributed by atoms with Gasteiger partial charge in [0.05, 0.1) is 23.6 Å². The molecule has 1 saturated heterocycles. The van der Waals surface area contributed by atoms with Gasteiger partial charge in [-0.1, -0.05) is 12.1 Å². The Labute approximate surface area is 183 Å². The number of anilines is 1. The molecule has 0 radical (unpaired) electrons. The van der Waals surface area contributed by atoms with Crippen LogP contribution in [0.25, 0.3) is 21.5 Å². The lowest BCUT2D eigenvalue weighted by Crippen LogP contribution is -2.19. The minimum absolute atomic E-state index is 0.247. The van der Waals surface area contributed by atoms with Gasteiger partial charge in [-0.25, -0.2) is 4.98 Å². The molecule has 0 aliphatic carbocycles. The summed E-state index contributed by atoms with van der Waals surface area (Å²) >= 11 is 1.43. The molecule has 0 saturated carbocycles. The van der Waals surface area contributed by atoms with Gasteiger partial charge in [0, 0.05) is 48.8 Å². The summed E-state index contributed by atoms with van der Waals surface area (Å²) in [6.45, 7) is 1.77. The predicted octanol–water partition coefficient (Wildman–Crippen LogP) is 3.19. The first-order chi connectivity index (χ1) is 15.1. The highest BCUT2D eigenvalue weighted by atomic mass is 32.1. The van der Waals surface area contributed by atoms with Gasteiger partial charge in [0.1, 0.15) is 10.7 Å². The van der Waals surface area contributed by atoms with Gasteiger partial charge in [0.15, 0.2) is 0 Å². The van der Waals surface area contributed by atoms with Crippen molar-refractivity contribution < 1.29 is 9.53 Å². The number of rotatable bonds is 3. The van der Waals surface area contributed by atoms with E-state index in [-0.39, 0.29) is 5.91 Å². The number of fused-ring (bicyclic) bond motifs is 1. The number of amides is 1. The van der Waals surface area contributed by atoms with E-state index in [1.54, 1.807) is 35.7 Å². The second-order valence-electron chi connectivity index (χ2n) is 7.37. The van der Waals surface area contributed by atoms with E-state index in [1.807, 2.05) is 18.2 Å². The molecule has 1 fully saturated rings. The molecule has 1 aliphatic rings. The zero-order valence-electron chi connectivity index (χ0n) is 17.2. The Morgan fingerprint density at radius 3 is 3.06 bits per heavy atom. The number of hydrogen-bond donors (Lipinski definition) is 3. The van der Waals surface area contributed by atoms with Crippen LogP contribution in [0.3, 0.4) is 0 Å². The van der Waals surface area contributed by atoms with Crippen LogP contribution in [0.5, 0.6) is 0 Å². The molecule has 0 bridgehead atoms. The number of benzene rings is 1. The highest BCUT2D eigenvalue weighted by Gasteiger charge is 2.13. The zero-order chi connectivity index (χ0) is 21.6. The van der Waals surface area contributed by atoms with Gasteiger partial charge < -0.3 is 15.8 Å². The van der Waals surface area contributed by atoms with Gasteiger partial charge in [-0.15, -0.1) is 11.3 Å². The van der Waals surface area contributed by atoms with E-state index in [9.17, 15) is 4.79 Å². The smallest absolute Gasteiger partial charge is 0.275 e. The van der Waals surface area contributed by atoms with Crippen molar-refractivity contribution in [3.63, 3.8) is 0 Å². The number of nitrogens with zero attached hydrogens (tertiary/aromatic N) is 4. The van der Waals surface area contributed by atoms with Crippen LogP contribution in [0.15, 0.2) is 42.2 Å². The van der Waals surface area contributed by atoms with Crippen molar-refractivity contribution >= 4 is 33.8 Å². The number of ether oxygens (including phenoxy) is 1. The molecule has 31 heavy (non-hydrogen) atoms. The first kappa shape index (κ1) is 21.2. The number of aryl methyl sites for hydroxylation is 1. The molecule has 1 aromatic carbocycles. The molecule has 3 aromatic heterocycles. The van der Waals surface area contributed by atoms with Gasteiger partial charge in [0.25, 0.3) is 5.91 Å². The molecule has 1 aliphatic heterocycles. The largest absolute Gasteiger partial charge is 0.381 e. The SMILES string of the molecule is Cn1cc(NC(=O)c2csc(-c3ccc4cn[nH]c4c3)n2)cn1.N[C@@H]1CCCOCC1. The second kappa shape index (κ2) is 9.82. The summed E-state index contributed by atoms with van der Waals surface area (Å²) in [7, 11) is 1.79. The molecule has 162 valence electrons. The standard InChI is InChI=1S/C15H12N6OS.C6H13NO/c1-21-7-11(6-17-21)18-14(22)13-8-23-15(19-13)9-2-3-10-5-16-20-12(10)4-9;7-6-2-1-4-8-5-3-6/h2-8H,1H3,(H,16,20)(H,18,22);6H,1-5,7H2/t;6-/m.1/s1. The summed E-state index contributed by atoms with van der Waals surface area (Å²) < 4.78 is 6.81. The molecular formula is C21H25N7O2S. The lowest BCUT2D eigenvalue weighted by molar-refractivity contribution is 0.102. The maximum atomic E-state index is 12.2. The molecule has 1 atom stereocenters. The summed E-state index contributed by atoms with van der Waals surface area (Å²) in [5.74, 6) is -0.247. The third-order valence-electron chi connectivity index (χ3n) is 4.89. The van der Waals surface area contributed by atoms with Gasteiger partial charge in [-0.3, -0.25) is 14.6 Å². The summed E-state index contributed by atoms with van der Waals surface area (Å²) in [4.78, 5) is 16.6. The molecule has 0 unspecified atom stereocenters. The Balaban J connectivity index is 0.000000245. The second-order valence-corrected chi connectivity index (χ2v) is 8.23. The van der Waals surface area contributed by atoms with Gasteiger partial charge in [-0.05, 0) is 25.3 Å². The van der Waals surface area contributed by atoms with Gasteiger partial charge in [-0.2, -0.15) is 10.2 Å². The van der Waals surface area contributed by atoms with Crippen LogP contribution < -0.4 is 11.1 Å². The van der Waals surface area contributed by atoms with E-state index in [4.69, 9.17) is 10.5 Å². The minimum Gasteiger partial charge on any atom is -0.381 e. The van der Waals surface area contributed by atoms with Crippen molar-refractivity contribution in [2.45, 2.75) is 25.3 Å². The topological polar surface area (TPSA) is 124 Å². The third-order valence-corrected chi connectivity index (χ3v) is 5.78. The predicted molar refractivity (Wildman–Crippen MR) is 121 cm³/mol. The average Bonchev–Trinajstić information content (AvgIpc) is 3.48. The fourth-order valence-electron chi connectivity index (χ4n) is 3.19. The number of aromatic nitrogens is 5. The van der Waals surface area contributed by atoms with Crippen molar-refractivity contribution in [3.05, 3.63) is 47.9 Å². The lowest BCUT2D eigenvalue weighted by Gasteiger charge is -2.02. The summed E-state index contributed by atoms with van der Waals surface area (Å²) in [5, 5.41) is 17.3. The van der Waals surface area contributed by atoms with E-state index in [1.165, 1.54) is 11.3 Å². The van der Waals surface area contributed by atoms with Gasteiger partial charge >= 0.3 is 0 Å². The van der Waals surface area contributed by atoms with Crippen LogP contribution >= 0.6 is 11.3 Å². The minimum atomic E-state index is -0.247. The van der Waals surface area contributed by atoms with E-state index in [0.717, 1.165) is 54.0 Å². The number of H-pyrrole nitrogens is 1. The molecule has 1 amide bonds. The van der Waals surface area contributed by atoms with Crippen LogP contribution in [-0.2, 0) is 11.8 Å². The number of aromatic amines is 1. The molecule has 10 heteroatoms. The molecule has 9 nitrogen and oxygen atoms in total. The maximum absolute atomic E-state index is 12.2. The molecule has 4 aromatic rings. The third kappa shape index (κ3) is 5.54. The van der Waals surface area contributed by atoms with Crippen molar-refractivity contribution in [3.8, 4) is 10.6 Å². The molecular weight excluding hydrogens is 414 g/mol. The Morgan fingerprint density at radius 2 is 2.23 bits per heavy atom. The highest BCUT2D eigenvalue weighted by Crippen LogP contribution is 2.26. The number of nitrogens with one attached hydrogen (secondary N) is 2. The fourth-order valence-corrected chi connectivity index (χ4v) is 3.99. The highest BCUT2D eigenvalue weighted by molar-refractivity contribution is 7.13. The van der Waals surface area contributed by atoms with E-state index in [0.29, 0.717) is 17.4 Å². The normalized spacial score (nSPS) is 16.4. The van der Waals surface area contributed by atoms with Crippen molar-refractivity contribution in [1.29, 1.82) is 0 Å². The van der Waals surface area contributed by atoms with Crippen LogP contribution in [-0.4, -0.2) is 50.1 Å². The average molecular weight is 440 g/mol. The number of carbonyl (C=O) groups is 1. The monoisotopic (exact) mass is 439 g/mol. The Bertz CT molecular complexity index is 1140. The lowest BCUT2D eigenvalue weighted by atomic mass is 10.1. The maximum Gasteiger partial charge on any atom is 0.275 e. The van der Waals surface area contributed by atoms with Crippen LogP contribution in [0.1, 0.15) is 29.8 Å². The Morgan fingerprint density at radius 1 is 1.32 bits per heavy atom. The summed E-state index contributed by atoms with van der Waals surface area (Å²) in [6, 6.07) is 6.33. The number of thiazole rings is 1. The quantitative estimate of drug-likeness (QED) is 0.450. The number of nitrogens with two attached hydrogens (primary N) is 1. The van der Waals surface area contributed by atoms with Crippen molar-refractivity contribution in [2.75, 3.05) is 18.5 Å². The van der Waals surface area contributed by atoms with Crippen LogP contribution in [0.4, 0.5) is 5.69 Å². The Kier molecular flexibility index (Phi) is 6.70. The van der Waals surface area contributed by atoms with Crippen molar-refractivity contribution in [1.82, 2.24) is 25.0 Å². The van der Waals surface area contributed by atoms with Crippen LogP contribution in [0, 0.1) is 0 Å². The Hall–Kier alpha value is -3.08. The summed E-state index contributed by atoms with van der Waals surface area (Å²) in [6.07, 6.45) is 8.42. The first-order valence-electron chi connectivity index (χ1n) is 10.1. The molecule has 5 rings (SSSR count). The molecule has 4 heterocycles. The van der Waals surface area contributed by atoms with E-state index < -0.39 is 0 Å². The molecule has 0 spiro atoms. The summed E-state index contributed by atoms with van der Waals surface area (Å²) in [5.41, 5.74) is 8.58. The zero-order valence-corrected chi connectivity index (χ0v) is 18.1. The van der Waals surface area contributed by atoms with E-state index >= 15 is 0 Å².